The quantitative estimate of drug-likeness (QED) is 0.807. The van der Waals surface area contributed by atoms with Crippen molar-refractivity contribution in [3.63, 3.8) is 0 Å². The van der Waals surface area contributed by atoms with Gasteiger partial charge in [0.25, 0.3) is 0 Å². The number of rotatable bonds is 4. The number of nitrogens with zero attached hydrogens (tertiary/aromatic N) is 2. The van der Waals surface area contributed by atoms with Gasteiger partial charge in [0.1, 0.15) is 5.82 Å². The van der Waals surface area contributed by atoms with E-state index in [2.05, 4.69) is 45.7 Å². The Hall–Kier alpha value is -1.06. The predicted molar refractivity (Wildman–Crippen MR) is 84.5 cm³/mol. The van der Waals surface area contributed by atoms with E-state index in [0.717, 1.165) is 27.4 Å². The second-order valence-electron chi connectivity index (χ2n) is 4.34. The zero-order valence-corrected chi connectivity index (χ0v) is 13.1. The van der Waals surface area contributed by atoms with E-state index >= 15 is 0 Å². The molecule has 0 saturated carbocycles. The van der Waals surface area contributed by atoms with Crippen LogP contribution in [0, 0.1) is 13.8 Å². The highest BCUT2D eigenvalue weighted by Gasteiger charge is 2.10. The van der Waals surface area contributed by atoms with Crippen LogP contribution in [-0.2, 0) is 6.54 Å². The van der Waals surface area contributed by atoms with Crippen LogP contribution in [0.2, 0.25) is 5.02 Å². The SMILES string of the molecule is [CH2]CN(Cc1ccc(Cl)cc1)c1ncc(Br)cc1C. The average Bonchev–Trinajstić information content (AvgIpc) is 2.39. The molecule has 1 heterocycles. The van der Waals surface area contributed by atoms with Crippen molar-refractivity contribution >= 4 is 33.3 Å². The molecule has 2 rings (SSSR count). The van der Waals surface area contributed by atoms with Crippen LogP contribution in [-0.4, -0.2) is 11.5 Å². The molecule has 99 valence electrons. The van der Waals surface area contributed by atoms with Crippen molar-refractivity contribution in [3.8, 4) is 0 Å². The Bertz CT molecular complexity index is 555. The fourth-order valence-corrected chi connectivity index (χ4v) is 2.51. The van der Waals surface area contributed by atoms with E-state index in [-0.39, 0.29) is 0 Å². The van der Waals surface area contributed by atoms with Gasteiger partial charge in [-0.15, -0.1) is 0 Å². The zero-order valence-electron chi connectivity index (χ0n) is 10.7. The third kappa shape index (κ3) is 3.71. The number of hydrogen-bond donors (Lipinski definition) is 0. The van der Waals surface area contributed by atoms with Crippen molar-refractivity contribution in [3.05, 3.63) is 64.1 Å². The molecular weight excluding hydrogens is 324 g/mol. The summed E-state index contributed by atoms with van der Waals surface area (Å²) in [5, 5.41) is 0.753. The molecule has 0 amide bonds. The maximum Gasteiger partial charge on any atom is 0.131 e. The molecule has 0 fully saturated rings. The second kappa shape index (κ2) is 6.40. The number of halogens is 2. The van der Waals surface area contributed by atoms with Crippen molar-refractivity contribution in [2.45, 2.75) is 13.5 Å². The molecule has 0 bridgehead atoms. The van der Waals surface area contributed by atoms with Gasteiger partial charge in [0, 0.05) is 28.8 Å². The number of aromatic nitrogens is 1. The number of benzene rings is 1. The summed E-state index contributed by atoms with van der Waals surface area (Å²) in [7, 11) is 0. The Balaban J connectivity index is 2.22. The number of anilines is 1. The van der Waals surface area contributed by atoms with E-state index in [0.29, 0.717) is 6.54 Å². The van der Waals surface area contributed by atoms with E-state index in [1.807, 2.05) is 30.5 Å². The third-order valence-electron chi connectivity index (χ3n) is 2.87. The fourth-order valence-electron chi connectivity index (χ4n) is 1.93. The molecule has 0 atom stereocenters. The lowest BCUT2D eigenvalue weighted by Gasteiger charge is -2.23. The summed E-state index contributed by atoms with van der Waals surface area (Å²) in [5.41, 5.74) is 2.32. The largest absolute Gasteiger partial charge is 0.352 e. The smallest absolute Gasteiger partial charge is 0.131 e. The van der Waals surface area contributed by atoms with Crippen LogP contribution in [0.4, 0.5) is 5.82 Å². The van der Waals surface area contributed by atoms with Crippen molar-refractivity contribution < 1.29 is 0 Å². The van der Waals surface area contributed by atoms with Crippen molar-refractivity contribution in [1.82, 2.24) is 4.98 Å². The molecule has 0 aliphatic heterocycles. The standard InChI is InChI=1S/C15H15BrClN2/c1-3-19(10-12-4-6-14(17)7-5-12)15-11(2)8-13(16)9-18-15/h4-9H,1,3,10H2,2H3. The van der Waals surface area contributed by atoms with Gasteiger partial charge >= 0.3 is 0 Å². The van der Waals surface area contributed by atoms with E-state index in [9.17, 15) is 0 Å². The van der Waals surface area contributed by atoms with E-state index < -0.39 is 0 Å². The first-order valence-electron chi connectivity index (χ1n) is 6.01. The Morgan fingerprint density at radius 2 is 2.00 bits per heavy atom. The van der Waals surface area contributed by atoms with Crippen molar-refractivity contribution in [1.29, 1.82) is 0 Å². The Morgan fingerprint density at radius 1 is 1.32 bits per heavy atom. The van der Waals surface area contributed by atoms with Crippen LogP contribution in [0.15, 0.2) is 41.0 Å². The molecule has 1 radical (unpaired) electrons. The van der Waals surface area contributed by atoms with Gasteiger partial charge in [0.15, 0.2) is 0 Å². The molecule has 4 heteroatoms. The summed E-state index contributed by atoms with van der Waals surface area (Å²) < 4.78 is 0.990. The maximum atomic E-state index is 5.90. The van der Waals surface area contributed by atoms with Gasteiger partial charge in [-0.25, -0.2) is 4.98 Å². The van der Waals surface area contributed by atoms with E-state index in [4.69, 9.17) is 11.6 Å². The lowest BCUT2D eigenvalue weighted by Crippen LogP contribution is -2.24. The Labute approximate surface area is 127 Å². The Morgan fingerprint density at radius 3 is 2.58 bits per heavy atom. The summed E-state index contributed by atoms with van der Waals surface area (Å²) in [5.74, 6) is 0.966. The van der Waals surface area contributed by atoms with E-state index in [1.165, 1.54) is 5.56 Å². The maximum absolute atomic E-state index is 5.90. The summed E-state index contributed by atoms with van der Waals surface area (Å²) in [6.07, 6.45) is 1.81. The molecule has 0 unspecified atom stereocenters. The number of hydrogen-bond acceptors (Lipinski definition) is 2. The first-order valence-corrected chi connectivity index (χ1v) is 7.18. The van der Waals surface area contributed by atoms with Crippen LogP contribution in [0.3, 0.4) is 0 Å². The van der Waals surface area contributed by atoms with Crippen LogP contribution in [0.1, 0.15) is 11.1 Å². The minimum atomic E-state index is 0.665. The van der Waals surface area contributed by atoms with Gasteiger partial charge in [-0.1, -0.05) is 23.7 Å². The monoisotopic (exact) mass is 337 g/mol. The van der Waals surface area contributed by atoms with Crippen molar-refractivity contribution in [2.24, 2.45) is 0 Å². The van der Waals surface area contributed by atoms with Gasteiger partial charge in [0.05, 0.1) is 0 Å². The topological polar surface area (TPSA) is 16.1 Å². The fraction of sp³-hybridized carbons (Fsp3) is 0.200. The number of pyridine rings is 1. The summed E-state index contributed by atoms with van der Waals surface area (Å²) in [6, 6.07) is 9.92. The lowest BCUT2D eigenvalue weighted by molar-refractivity contribution is 0.838. The van der Waals surface area contributed by atoms with Gasteiger partial charge in [0.2, 0.25) is 0 Å². The first kappa shape index (κ1) is 14.4. The molecule has 0 spiro atoms. The summed E-state index contributed by atoms with van der Waals surface area (Å²) >= 11 is 9.33. The normalized spacial score (nSPS) is 10.5. The van der Waals surface area contributed by atoms with Gasteiger partial charge in [-0.2, -0.15) is 0 Å². The minimum absolute atomic E-state index is 0.665. The molecule has 2 aromatic rings. The lowest BCUT2D eigenvalue weighted by atomic mass is 10.2. The Kier molecular flexibility index (Phi) is 4.83. The molecule has 19 heavy (non-hydrogen) atoms. The van der Waals surface area contributed by atoms with Gasteiger partial charge < -0.3 is 4.90 Å². The van der Waals surface area contributed by atoms with Crippen molar-refractivity contribution in [2.75, 3.05) is 11.4 Å². The molecule has 1 aromatic heterocycles. The molecule has 1 aromatic carbocycles. The molecule has 0 N–H and O–H groups in total. The molecule has 0 aliphatic carbocycles. The summed E-state index contributed by atoms with van der Waals surface area (Å²) in [6.45, 7) is 7.48. The van der Waals surface area contributed by atoms with Gasteiger partial charge in [-0.3, -0.25) is 0 Å². The molecule has 0 aliphatic rings. The highest BCUT2D eigenvalue weighted by Crippen LogP contribution is 2.22. The van der Waals surface area contributed by atoms with E-state index in [1.54, 1.807) is 0 Å². The highest BCUT2D eigenvalue weighted by molar-refractivity contribution is 9.10. The summed E-state index contributed by atoms with van der Waals surface area (Å²) in [4.78, 5) is 6.62. The highest BCUT2D eigenvalue weighted by atomic mass is 79.9. The molecule has 2 nitrogen and oxygen atoms in total. The first-order chi connectivity index (χ1) is 9.10. The average molecular weight is 339 g/mol. The molecule has 0 saturated heterocycles. The third-order valence-corrected chi connectivity index (χ3v) is 3.56. The second-order valence-corrected chi connectivity index (χ2v) is 5.69. The van der Waals surface area contributed by atoms with Gasteiger partial charge in [-0.05, 0) is 59.1 Å². The molecular formula is C15H15BrClN2. The van der Waals surface area contributed by atoms with Crippen LogP contribution < -0.4 is 4.90 Å². The van der Waals surface area contributed by atoms with Crippen LogP contribution in [0.25, 0.3) is 0 Å². The van der Waals surface area contributed by atoms with Crippen LogP contribution in [0.5, 0.6) is 0 Å². The predicted octanol–water partition coefficient (Wildman–Crippen LogP) is 4.65. The van der Waals surface area contributed by atoms with Crippen LogP contribution >= 0.6 is 27.5 Å². The minimum Gasteiger partial charge on any atom is -0.352 e. The zero-order chi connectivity index (χ0) is 13.8. The number of aryl methyl sites for hydroxylation is 1.